The van der Waals surface area contributed by atoms with Gasteiger partial charge in [-0.3, -0.25) is 4.79 Å². The summed E-state index contributed by atoms with van der Waals surface area (Å²) in [6, 6.07) is 11.7. The number of carbonyl (C=O) groups excluding carboxylic acids is 1. The predicted molar refractivity (Wildman–Crippen MR) is 92.0 cm³/mol. The van der Waals surface area contributed by atoms with Crippen molar-refractivity contribution in [2.24, 2.45) is 5.14 Å². The highest BCUT2D eigenvalue weighted by Crippen LogP contribution is 2.13. The number of nitrogens with two attached hydrogens (primary N) is 1. The fourth-order valence-electron chi connectivity index (χ4n) is 2.19. The van der Waals surface area contributed by atoms with E-state index >= 15 is 0 Å². The van der Waals surface area contributed by atoms with Crippen LogP contribution in [-0.2, 0) is 26.2 Å². The molecule has 0 aliphatic rings. The summed E-state index contributed by atoms with van der Waals surface area (Å²) in [5.74, 6) is -0.317. The maximum Gasteiger partial charge on any atom is 0.250 e. The lowest BCUT2D eigenvalue weighted by molar-refractivity contribution is -0.121. The zero-order valence-corrected chi connectivity index (χ0v) is 14.4. The van der Waals surface area contributed by atoms with Crippen molar-refractivity contribution in [3.8, 4) is 0 Å². The standard InChI is InChI=1S/C17H20N2O4S/c1-12-3-4-14(13(2)9-12)10-23-11-17(20)19-15-5-7-16(8-6-15)24(18,21)22/h3-9H,10-11H2,1-2H3,(H,19,20)(H2,18,21,22). The molecule has 0 unspecified atom stereocenters. The largest absolute Gasteiger partial charge is 0.367 e. The van der Waals surface area contributed by atoms with Crippen LogP contribution in [0.15, 0.2) is 47.4 Å². The van der Waals surface area contributed by atoms with Crippen molar-refractivity contribution in [3.63, 3.8) is 0 Å². The Morgan fingerprint density at radius 3 is 2.38 bits per heavy atom. The lowest BCUT2D eigenvalue weighted by atomic mass is 10.1. The molecular weight excluding hydrogens is 328 g/mol. The summed E-state index contributed by atoms with van der Waals surface area (Å²) in [4.78, 5) is 11.8. The number of hydrogen-bond acceptors (Lipinski definition) is 4. The molecular formula is C17H20N2O4S. The number of nitrogens with one attached hydrogen (secondary N) is 1. The lowest BCUT2D eigenvalue weighted by Crippen LogP contribution is -2.18. The van der Waals surface area contributed by atoms with Gasteiger partial charge in [-0.15, -0.1) is 0 Å². The topological polar surface area (TPSA) is 98.5 Å². The van der Waals surface area contributed by atoms with E-state index in [1.807, 2.05) is 26.0 Å². The molecule has 0 spiro atoms. The molecule has 1 amide bonds. The molecule has 0 saturated carbocycles. The quantitative estimate of drug-likeness (QED) is 0.835. The van der Waals surface area contributed by atoms with E-state index in [4.69, 9.17) is 9.88 Å². The van der Waals surface area contributed by atoms with Crippen molar-refractivity contribution in [2.75, 3.05) is 11.9 Å². The molecule has 7 heteroatoms. The van der Waals surface area contributed by atoms with Crippen LogP contribution in [0.1, 0.15) is 16.7 Å². The van der Waals surface area contributed by atoms with E-state index in [2.05, 4.69) is 11.4 Å². The van der Waals surface area contributed by atoms with E-state index in [1.54, 1.807) is 0 Å². The van der Waals surface area contributed by atoms with E-state index in [-0.39, 0.29) is 17.4 Å². The number of sulfonamides is 1. The fraction of sp³-hybridized carbons (Fsp3) is 0.235. The van der Waals surface area contributed by atoms with Crippen LogP contribution in [0.25, 0.3) is 0 Å². The molecule has 2 aromatic rings. The van der Waals surface area contributed by atoms with E-state index < -0.39 is 10.0 Å². The van der Waals surface area contributed by atoms with Crippen LogP contribution in [0.5, 0.6) is 0 Å². The Morgan fingerprint density at radius 1 is 1.12 bits per heavy atom. The molecule has 0 saturated heterocycles. The van der Waals surface area contributed by atoms with Gasteiger partial charge in [-0.05, 0) is 49.2 Å². The van der Waals surface area contributed by atoms with Gasteiger partial charge < -0.3 is 10.1 Å². The Labute approximate surface area is 141 Å². The second-order valence-corrected chi connectivity index (χ2v) is 7.10. The molecule has 128 valence electrons. The maximum atomic E-state index is 11.8. The molecule has 0 atom stereocenters. The van der Waals surface area contributed by atoms with Crippen LogP contribution in [0.4, 0.5) is 5.69 Å². The first-order chi connectivity index (χ1) is 11.3. The summed E-state index contributed by atoms with van der Waals surface area (Å²) in [5.41, 5.74) is 3.80. The van der Waals surface area contributed by atoms with Gasteiger partial charge in [0.1, 0.15) is 6.61 Å². The monoisotopic (exact) mass is 348 g/mol. The number of primary sulfonamides is 1. The number of aryl methyl sites for hydroxylation is 2. The molecule has 0 heterocycles. The highest BCUT2D eigenvalue weighted by molar-refractivity contribution is 7.89. The van der Waals surface area contributed by atoms with Gasteiger partial charge in [-0.25, -0.2) is 13.6 Å². The first-order valence-electron chi connectivity index (χ1n) is 7.32. The van der Waals surface area contributed by atoms with Crippen LogP contribution >= 0.6 is 0 Å². The van der Waals surface area contributed by atoms with Crippen molar-refractivity contribution in [1.29, 1.82) is 0 Å². The average Bonchev–Trinajstić information content (AvgIpc) is 2.49. The van der Waals surface area contributed by atoms with Crippen LogP contribution in [0, 0.1) is 13.8 Å². The van der Waals surface area contributed by atoms with Gasteiger partial charge >= 0.3 is 0 Å². The van der Waals surface area contributed by atoms with Gasteiger partial charge in [0.2, 0.25) is 15.9 Å². The number of hydrogen-bond donors (Lipinski definition) is 2. The summed E-state index contributed by atoms with van der Waals surface area (Å²) in [6.45, 7) is 4.28. The summed E-state index contributed by atoms with van der Waals surface area (Å²) in [5, 5.41) is 7.65. The third-order valence-electron chi connectivity index (χ3n) is 3.46. The zero-order valence-electron chi connectivity index (χ0n) is 13.6. The van der Waals surface area contributed by atoms with E-state index in [0.29, 0.717) is 12.3 Å². The molecule has 0 aromatic heterocycles. The molecule has 6 nitrogen and oxygen atoms in total. The highest BCUT2D eigenvalue weighted by Gasteiger charge is 2.08. The van der Waals surface area contributed by atoms with Gasteiger partial charge in [0.15, 0.2) is 0 Å². The van der Waals surface area contributed by atoms with Crippen LogP contribution < -0.4 is 10.5 Å². The number of benzene rings is 2. The summed E-state index contributed by atoms with van der Waals surface area (Å²) in [6.07, 6.45) is 0. The number of ether oxygens (including phenoxy) is 1. The predicted octanol–water partition coefficient (Wildman–Crippen LogP) is 2.11. The summed E-state index contributed by atoms with van der Waals surface area (Å²) >= 11 is 0. The summed E-state index contributed by atoms with van der Waals surface area (Å²) in [7, 11) is -3.74. The van der Waals surface area contributed by atoms with Gasteiger partial charge in [0.05, 0.1) is 11.5 Å². The molecule has 0 aliphatic carbocycles. The number of amides is 1. The van der Waals surface area contributed by atoms with E-state index in [0.717, 1.165) is 11.1 Å². The molecule has 0 bridgehead atoms. The molecule has 0 aliphatic heterocycles. The molecule has 24 heavy (non-hydrogen) atoms. The minimum Gasteiger partial charge on any atom is -0.367 e. The smallest absolute Gasteiger partial charge is 0.250 e. The van der Waals surface area contributed by atoms with Crippen LogP contribution in [-0.4, -0.2) is 20.9 Å². The molecule has 2 aromatic carbocycles. The normalized spacial score (nSPS) is 11.3. The van der Waals surface area contributed by atoms with Gasteiger partial charge in [-0.1, -0.05) is 23.8 Å². The van der Waals surface area contributed by atoms with Crippen molar-refractivity contribution < 1.29 is 17.9 Å². The lowest BCUT2D eigenvalue weighted by Gasteiger charge is -2.09. The van der Waals surface area contributed by atoms with E-state index in [9.17, 15) is 13.2 Å². The SMILES string of the molecule is Cc1ccc(COCC(=O)Nc2ccc(S(N)(=O)=O)cc2)c(C)c1. The Kier molecular flexibility index (Phi) is 5.71. The molecule has 2 rings (SSSR count). The van der Waals surface area contributed by atoms with Crippen molar-refractivity contribution in [3.05, 3.63) is 59.2 Å². The average molecular weight is 348 g/mol. The van der Waals surface area contributed by atoms with Crippen molar-refractivity contribution in [2.45, 2.75) is 25.3 Å². The molecule has 0 fully saturated rings. The number of rotatable bonds is 6. The van der Waals surface area contributed by atoms with Gasteiger partial charge in [0.25, 0.3) is 0 Å². The van der Waals surface area contributed by atoms with Crippen LogP contribution in [0.2, 0.25) is 0 Å². The Morgan fingerprint density at radius 2 is 1.79 bits per heavy atom. The fourth-order valence-corrected chi connectivity index (χ4v) is 2.70. The minimum absolute atomic E-state index is 0.00778. The second-order valence-electron chi connectivity index (χ2n) is 5.54. The Balaban J connectivity index is 1.85. The Hall–Kier alpha value is -2.22. The van der Waals surface area contributed by atoms with Crippen LogP contribution in [0.3, 0.4) is 0 Å². The van der Waals surface area contributed by atoms with Crippen molar-refractivity contribution >= 4 is 21.6 Å². The van der Waals surface area contributed by atoms with E-state index in [1.165, 1.54) is 29.8 Å². The van der Waals surface area contributed by atoms with Crippen molar-refractivity contribution in [1.82, 2.24) is 0 Å². The molecule has 0 radical (unpaired) electrons. The van der Waals surface area contributed by atoms with Gasteiger partial charge in [0, 0.05) is 5.69 Å². The van der Waals surface area contributed by atoms with Gasteiger partial charge in [-0.2, -0.15) is 0 Å². The first kappa shape index (κ1) is 18.1. The number of carbonyl (C=O) groups is 1. The highest BCUT2D eigenvalue weighted by atomic mass is 32.2. The minimum atomic E-state index is -3.74. The third kappa shape index (κ3) is 5.16. The maximum absolute atomic E-state index is 11.8. The third-order valence-corrected chi connectivity index (χ3v) is 4.38. The Bertz CT molecular complexity index is 830. The summed E-state index contributed by atoms with van der Waals surface area (Å²) < 4.78 is 27.7. The zero-order chi connectivity index (χ0) is 17.7. The number of anilines is 1. The second kappa shape index (κ2) is 7.57. The molecule has 3 N–H and O–H groups in total. The first-order valence-corrected chi connectivity index (χ1v) is 8.87.